The molecule has 2 aromatic rings. The molecule has 20 heavy (non-hydrogen) atoms. The number of halogens is 1. The van der Waals surface area contributed by atoms with Gasteiger partial charge in [-0.3, -0.25) is 0 Å². The van der Waals surface area contributed by atoms with Crippen molar-refractivity contribution in [2.24, 2.45) is 0 Å². The first-order valence-corrected chi connectivity index (χ1v) is 7.97. The second-order valence-corrected chi connectivity index (χ2v) is 5.99. The molecular weight excluding hydrogens is 310 g/mol. The summed E-state index contributed by atoms with van der Waals surface area (Å²) in [5.74, 6) is 0. The van der Waals surface area contributed by atoms with Crippen LogP contribution in [0, 0.1) is 6.92 Å². The van der Waals surface area contributed by atoms with Crippen molar-refractivity contribution in [2.75, 3.05) is 7.05 Å². The summed E-state index contributed by atoms with van der Waals surface area (Å²) >= 11 is 3.73. The van der Waals surface area contributed by atoms with Crippen LogP contribution in [0.15, 0.2) is 46.9 Å². The minimum absolute atomic E-state index is 0.223. The van der Waals surface area contributed by atoms with Crippen LogP contribution >= 0.6 is 15.9 Å². The van der Waals surface area contributed by atoms with Gasteiger partial charge in [-0.25, -0.2) is 0 Å². The molecule has 0 saturated carbocycles. The van der Waals surface area contributed by atoms with Gasteiger partial charge in [-0.2, -0.15) is 0 Å². The molecule has 0 fully saturated rings. The maximum atomic E-state index is 3.73. The Hall–Kier alpha value is -1.12. The summed E-state index contributed by atoms with van der Waals surface area (Å²) in [6.45, 7) is 4.35. The molecule has 0 aliphatic heterocycles. The van der Waals surface area contributed by atoms with Gasteiger partial charge in [0.2, 0.25) is 0 Å². The van der Waals surface area contributed by atoms with E-state index in [9.17, 15) is 0 Å². The smallest absolute Gasteiger partial charge is 0.0585 e. The molecule has 1 N–H and O–H groups in total. The van der Waals surface area contributed by atoms with Gasteiger partial charge in [-0.15, -0.1) is 0 Å². The van der Waals surface area contributed by atoms with Gasteiger partial charge >= 0.3 is 0 Å². The minimum atomic E-state index is 0.223. The predicted molar refractivity (Wildman–Crippen MR) is 90.2 cm³/mol. The third kappa shape index (κ3) is 3.31. The van der Waals surface area contributed by atoms with Crippen molar-refractivity contribution in [3.8, 4) is 0 Å². The lowest BCUT2D eigenvalue weighted by atomic mass is 9.95. The van der Waals surface area contributed by atoms with E-state index in [0.29, 0.717) is 0 Å². The van der Waals surface area contributed by atoms with Gasteiger partial charge < -0.3 is 5.32 Å². The maximum absolute atomic E-state index is 3.73. The molecule has 1 unspecified atom stereocenters. The highest BCUT2D eigenvalue weighted by Gasteiger charge is 2.15. The predicted octanol–water partition coefficient (Wildman–Crippen LogP) is 5.02. The number of benzene rings is 2. The summed E-state index contributed by atoms with van der Waals surface area (Å²) in [5.41, 5.74) is 5.30. The molecule has 0 spiro atoms. The van der Waals surface area contributed by atoms with E-state index in [1.165, 1.54) is 33.1 Å². The number of aryl methyl sites for hydroxylation is 2. The standard InChI is InChI=1S/C18H22BrN/c1-4-7-14-9-6-10-15(12-14)18(20-3)16-11-5-8-13(2)17(16)19/h5-6,8-12,18,20H,4,7H2,1-3H3. The summed E-state index contributed by atoms with van der Waals surface area (Å²) in [6.07, 6.45) is 2.32. The van der Waals surface area contributed by atoms with E-state index in [1.54, 1.807) is 0 Å². The highest BCUT2D eigenvalue weighted by molar-refractivity contribution is 9.10. The van der Waals surface area contributed by atoms with E-state index < -0.39 is 0 Å². The first-order chi connectivity index (χ1) is 9.67. The molecule has 0 bridgehead atoms. The molecule has 0 radical (unpaired) electrons. The lowest BCUT2D eigenvalue weighted by Gasteiger charge is -2.20. The largest absolute Gasteiger partial charge is 0.309 e. The van der Waals surface area contributed by atoms with Gasteiger partial charge in [0, 0.05) is 4.47 Å². The summed E-state index contributed by atoms with van der Waals surface area (Å²) in [5, 5.41) is 3.44. The fourth-order valence-corrected chi connectivity index (χ4v) is 3.10. The maximum Gasteiger partial charge on any atom is 0.0585 e. The van der Waals surface area contributed by atoms with Gasteiger partial charge in [0.1, 0.15) is 0 Å². The van der Waals surface area contributed by atoms with Gasteiger partial charge in [0.15, 0.2) is 0 Å². The Kier molecular flexibility index (Phi) is 5.38. The third-order valence-corrected chi connectivity index (χ3v) is 4.73. The van der Waals surface area contributed by atoms with E-state index in [-0.39, 0.29) is 6.04 Å². The summed E-state index contributed by atoms with van der Waals surface area (Å²) in [6, 6.07) is 15.6. The molecule has 0 saturated heterocycles. The first-order valence-electron chi connectivity index (χ1n) is 7.18. The highest BCUT2D eigenvalue weighted by atomic mass is 79.9. The Morgan fingerprint density at radius 3 is 2.60 bits per heavy atom. The van der Waals surface area contributed by atoms with Crippen LogP contribution in [0.3, 0.4) is 0 Å². The number of rotatable bonds is 5. The molecule has 2 heteroatoms. The van der Waals surface area contributed by atoms with E-state index in [2.05, 4.69) is 77.6 Å². The molecule has 0 aliphatic carbocycles. The minimum Gasteiger partial charge on any atom is -0.309 e. The molecule has 0 amide bonds. The van der Waals surface area contributed by atoms with Crippen molar-refractivity contribution in [3.63, 3.8) is 0 Å². The fraction of sp³-hybridized carbons (Fsp3) is 0.333. The van der Waals surface area contributed by atoms with Crippen LogP contribution in [0.1, 0.15) is 41.6 Å². The van der Waals surface area contributed by atoms with Crippen molar-refractivity contribution >= 4 is 15.9 Å². The Morgan fingerprint density at radius 1 is 1.15 bits per heavy atom. The Morgan fingerprint density at radius 2 is 1.90 bits per heavy atom. The monoisotopic (exact) mass is 331 g/mol. The van der Waals surface area contributed by atoms with Gasteiger partial charge in [0.05, 0.1) is 6.04 Å². The topological polar surface area (TPSA) is 12.0 Å². The quantitative estimate of drug-likeness (QED) is 0.811. The average molecular weight is 332 g/mol. The SMILES string of the molecule is CCCc1cccc(C(NC)c2cccc(C)c2Br)c1. The number of hydrogen-bond acceptors (Lipinski definition) is 1. The molecule has 1 atom stereocenters. The summed E-state index contributed by atoms with van der Waals surface area (Å²) < 4.78 is 1.19. The van der Waals surface area contributed by atoms with Crippen LogP contribution in [0.25, 0.3) is 0 Å². The van der Waals surface area contributed by atoms with E-state index in [1.807, 2.05) is 7.05 Å². The van der Waals surface area contributed by atoms with Crippen molar-refractivity contribution in [2.45, 2.75) is 32.7 Å². The van der Waals surface area contributed by atoms with E-state index >= 15 is 0 Å². The Bertz CT molecular complexity index is 577. The zero-order valence-corrected chi connectivity index (χ0v) is 14.0. The normalized spacial score (nSPS) is 12.4. The van der Waals surface area contributed by atoms with Gasteiger partial charge in [-0.05, 0) is 42.6 Å². The zero-order valence-electron chi connectivity index (χ0n) is 12.4. The van der Waals surface area contributed by atoms with Gasteiger partial charge in [-0.1, -0.05) is 71.7 Å². The molecule has 2 aromatic carbocycles. The van der Waals surface area contributed by atoms with Crippen molar-refractivity contribution < 1.29 is 0 Å². The average Bonchev–Trinajstić information content (AvgIpc) is 2.45. The van der Waals surface area contributed by atoms with Gasteiger partial charge in [0.25, 0.3) is 0 Å². The van der Waals surface area contributed by atoms with Crippen LogP contribution in [0.5, 0.6) is 0 Å². The molecule has 2 rings (SSSR count). The molecule has 106 valence electrons. The molecule has 0 aromatic heterocycles. The van der Waals surface area contributed by atoms with Crippen LogP contribution in [-0.4, -0.2) is 7.05 Å². The first kappa shape index (κ1) is 15.3. The van der Waals surface area contributed by atoms with Crippen LogP contribution in [0.4, 0.5) is 0 Å². The Balaban J connectivity index is 2.41. The highest BCUT2D eigenvalue weighted by Crippen LogP contribution is 2.31. The second-order valence-electron chi connectivity index (χ2n) is 5.19. The van der Waals surface area contributed by atoms with Crippen molar-refractivity contribution in [3.05, 3.63) is 69.2 Å². The van der Waals surface area contributed by atoms with Crippen LogP contribution < -0.4 is 5.32 Å². The van der Waals surface area contributed by atoms with Crippen molar-refractivity contribution in [1.29, 1.82) is 0 Å². The van der Waals surface area contributed by atoms with Crippen LogP contribution in [0.2, 0.25) is 0 Å². The molecule has 1 nitrogen and oxygen atoms in total. The Labute approximate surface area is 130 Å². The number of nitrogens with one attached hydrogen (secondary N) is 1. The van der Waals surface area contributed by atoms with E-state index in [4.69, 9.17) is 0 Å². The fourth-order valence-electron chi connectivity index (χ4n) is 2.61. The lowest BCUT2D eigenvalue weighted by Crippen LogP contribution is -2.18. The van der Waals surface area contributed by atoms with Crippen LogP contribution in [-0.2, 0) is 6.42 Å². The lowest BCUT2D eigenvalue weighted by molar-refractivity contribution is 0.686. The number of hydrogen-bond donors (Lipinski definition) is 1. The molecule has 0 aliphatic rings. The molecule has 0 heterocycles. The second kappa shape index (κ2) is 7.05. The van der Waals surface area contributed by atoms with Crippen molar-refractivity contribution in [1.82, 2.24) is 5.32 Å². The zero-order chi connectivity index (χ0) is 14.5. The third-order valence-electron chi connectivity index (χ3n) is 3.64. The summed E-state index contributed by atoms with van der Waals surface area (Å²) in [7, 11) is 2.02. The summed E-state index contributed by atoms with van der Waals surface area (Å²) in [4.78, 5) is 0. The molecular formula is C18H22BrN. The van der Waals surface area contributed by atoms with E-state index in [0.717, 1.165) is 6.42 Å².